The molecule has 37 heavy (non-hydrogen) atoms. The summed E-state index contributed by atoms with van der Waals surface area (Å²) in [4.78, 5) is 37.2. The van der Waals surface area contributed by atoms with Crippen molar-refractivity contribution in [3.05, 3.63) is 82.3 Å². The van der Waals surface area contributed by atoms with Gasteiger partial charge < -0.3 is 10.1 Å². The molecule has 9 nitrogen and oxygen atoms in total. The third-order valence-corrected chi connectivity index (χ3v) is 7.92. The molecule has 0 bridgehead atoms. The minimum Gasteiger partial charge on any atom is -0.456 e. The minimum atomic E-state index is -4.08. The molecule has 0 atom stereocenters. The predicted molar refractivity (Wildman–Crippen MR) is 142 cm³/mol. The molecule has 1 fully saturated rings. The van der Waals surface area contributed by atoms with Crippen molar-refractivity contribution in [3.63, 3.8) is 0 Å². The Labute approximate surface area is 227 Å². The Bertz CT molecular complexity index is 1450. The van der Waals surface area contributed by atoms with Crippen LogP contribution in [0.25, 0.3) is 0 Å². The van der Waals surface area contributed by atoms with E-state index in [4.69, 9.17) is 27.9 Å². The molecule has 1 aliphatic rings. The number of nitrogens with one attached hydrogen (secondary N) is 2. The van der Waals surface area contributed by atoms with Crippen molar-refractivity contribution in [3.8, 4) is 11.5 Å². The lowest BCUT2D eigenvalue weighted by Gasteiger charge is -2.15. The summed E-state index contributed by atoms with van der Waals surface area (Å²) in [5.41, 5.74) is -0.0228. The molecule has 13 heteroatoms. The molecule has 0 spiro atoms. The first-order chi connectivity index (χ1) is 17.6. The zero-order valence-electron chi connectivity index (χ0n) is 18.9. The predicted octanol–water partition coefficient (Wildman–Crippen LogP) is 5.01. The van der Waals surface area contributed by atoms with Crippen molar-refractivity contribution in [1.29, 1.82) is 0 Å². The third-order valence-electron chi connectivity index (χ3n) is 5.13. The van der Waals surface area contributed by atoms with Gasteiger partial charge in [-0.1, -0.05) is 47.1 Å². The van der Waals surface area contributed by atoms with E-state index in [0.29, 0.717) is 16.5 Å². The number of amides is 3. The smallest absolute Gasteiger partial charge is 0.288 e. The van der Waals surface area contributed by atoms with Crippen molar-refractivity contribution < 1.29 is 27.5 Å². The molecule has 1 aliphatic heterocycles. The molecule has 0 saturated carbocycles. The van der Waals surface area contributed by atoms with Crippen LogP contribution >= 0.6 is 35.0 Å². The standard InChI is InChI=1S/C24H19Cl2N3O6S2/c25-15-5-10-20(18(13-15)23(31)27-11-12-29-22(30)14-36-24(29)32)28-37(33,34)17-8-6-16(7-9-17)35-21-4-2-1-3-19(21)26/h1-10,13,28H,11-12,14H2,(H,27,31). The number of halogens is 2. The Balaban J connectivity index is 1.45. The lowest BCUT2D eigenvalue weighted by Crippen LogP contribution is -2.37. The maximum Gasteiger partial charge on any atom is 0.288 e. The van der Waals surface area contributed by atoms with E-state index in [1.54, 1.807) is 24.3 Å². The van der Waals surface area contributed by atoms with Gasteiger partial charge in [-0.15, -0.1) is 0 Å². The van der Waals surface area contributed by atoms with E-state index in [1.165, 1.54) is 42.5 Å². The van der Waals surface area contributed by atoms with E-state index in [-0.39, 0.29) is 51.2 Å². The monoisotopic (exact) mass is 579 g/mol. The highest BCUT2D eigenvalue weighted by Crippen LogP contribution is 2.30. The quantitative estimate of drug-likeness (QED) is 0.365. The van der Waals surface area contributed by atoms with Gasteiger partial charge in [0.2, 0.25) is 5.91 Å². The van der Waals surface area contributed by atoms with E-state index < -0.39 is 15.9 Å². The summed E-state index contributed by atoms with van der Waals surface area (Å²) in [6.07, 6.45) is 0. The van der Waals surface area contributed by atoms with Crippen LogP contribution in [0.4, 0.5) is 10.5 Å². The van der Waals surface area contributed by atoms with Crippen LogP contribution in [0.1, 0.15) is 10.4 Å². The zero-order chi connectivity index (χ0) is 26.6. The summed E-state index contributed by atoms with van der Waals surface area (Å²) < 4.78 is 34.1. The summed E-state index contributed by atoms with van der Waals surface area (Å²) in [5, 5.41) is 2.83. The first kappa shape index (κ1) is 26.8. The van der Waals surface area contributed by atoms with Crippen LogP contribution in [0, 0.1) is 0 Å². The number of hydrogen-bond donors (Lipinski definition) is 2. The minimum absolute atomic E-state index is 0.000641. The molecule has 0 radical (unpaired) electrons. The van der Waals surface area contributed by atoms with Crippen LogP contribution in [0.3, 0.4) is 0 Å². The Morgan fingerprint density at radius 2 is 1.76 bits per heavy atom. The topological polar surface area (TPSA) is 122 Å². The summed E-state index contributed by atoms with van der Waals surface area (Å²) in [5.74, 6) is -0.0850. The lowest BCUT2D eigenvalue weighted by molar-refractivity contribution is -0.124. The van der Waals surface area contributed by atoms with Crippen molar-refractivity contribution in [2.24, 2.45) is 0 Å². The van der Waals surface area contributed by atoms with Gasteiger partial charge in [-0.25, -0.2) is 8.42 Å². The average Bonchev–Trinajstić information content (AvgIpc) is 3.19. The normalized spacial score (nSPS) is 13.5. The third kappa shape index (κ3) is 6.55. The Kier molecular flexibility index (Phi) is 8.28. The SMILES string of the molecule is O=C(NCCN1C(=O)CSC1=O)c1cc(Cl)ccc1NS(=O)(=O)c1ccc(Oc2ccccc2Cl)cc1. The summed E-state index contributed by atoms with van der Waals surface area (Å²) in [6.45, 7) is -0.0108. The lowest BCUT2D eigenvalue weighted by atomic mass is 10.1. The summed E-state index contributed by atoms with van der Waals surface area (Å²) >= 11 is 13.0. The highest BCUT2D eigenvalue weighted by Gasteiger charge is 2.29. The highest BCUT2D eigenvalue weighted by atomic mass is 35.5. The molecular weight excluding hydrogens is 561 g/mol. The molecule has 192 valence electrons. The van der Waals surface area contributed by atoms with Gasteiger partial charge >= 0.3 is 0 Å². The van der Waals surface area contributed by atoms with Gasteiger partial charge in [0.25, 0.3) is 21.2 Å². The van der Waals surface area contributed by atoms with Crippen molar-refractivity contribution >= 4 is 67.7 Å². The molecule has 0 unspecified atom stereocenters. The van der Waals surface area contributed by atoms with Crippen molar-refractivity contribution in [2.75, 3.05) is 23.6 Å². The molecule has 2 N–H and O–H groups in total. The number of nitrogens with zero attached hydrogens (tertiary/aromatic N) is 1. The van der Waals surface area contributed by atoms with E-state index in [0.717, 1.165) is 16.7 Å². The molecule has 0 aliphatic carbocycles. The van der Waals surface area contributed by atoms with Crippen molar-refractivity contribution in [2.45, 2.75) is 4.90 Å². The maximum absolute atomic E-state index is 13.0. The molecule has 1 heterocycles. The van der Waals surface area contributed by atoms with Gasteiger partial charge in [0, 0.05) is 18.1 Å². The zero-order valence-corrected chi connectivity index (χ0v) is 22.1. The Morgan fingerprint density at radius 1 is 1.03 bits per heavy atom. The second kappa shape index (κ2) is 11.4. The van der Waals surface area contributed by atoms with E-state index >= 15 is 0 Å². The first-order valence-electron chi connectivity index (χ1n) is 10.7. The molecule has 3 aromatic carbocycles. The molecular formula is C24H19Cl2N3O6S2. The van der Waals surface area contributed by atoms with Crippen LogP contribution in [0.15, 0.2) is 71.6 Å². The van der Waals surface area contributed by atoms with E-state index in [1.807, 2.05) is 0 Å². The second-order valence-corrected chi connectivity index (χ2v) is 11.1. The number of hydrogen-bond acceptors (Lipinski definition) is 7. The average molecular weight is 580 g/mol. The van der Waals surface area contributed by atoms with Crippen molar-refractivity contribution in [1.82, 2.24) is 10.2 Å². The number of imide groups is 1. The number of carbonyl (C=O) groups excluding carboxylic acids is 3. The number of ether oxygens (including phenoxy) is 1. The van der Waals surface area contributed by atoms with Crippen LogP contribution in [-0.2, 0) is 14.8 Å². The van der Waals surface area contributed by atoms with Crippen LogP contribution in [0.2, 0.25) is 10.0 Å². The van der Waals surface area contributed by atoms with Gasteiger partial charge in [0.1, 0.15) is 11.5 Å². The number of para-hydroxylation sites is 1. The Hall–Kier alpha value is -3.25. The molecule has 0 aromatic heterocycles. The van der Waals surface area contributed by atoms with Crippen LogP contribution in [0.5, 0.6) is 11.5 Å². The Morgan fingerprint density at radius 3 is 2.43 bits per heavy atom. The van der Waals surface area contributed by atoms with Gasteiger partial charge in [0.05, 0.1) is 26.9 Å². The van der Waals surface area contributed by atoms with Crippen LogP contribution < -0.4 is 14.8 Å². The summed E-state index contributed by atoms with van der Waals surface area (Å²) in [7, 11) is -4.08. The number of thioether (sulfide) groups is 1. The van der Waals surface area contributed by atoms with Gasteiger partial charge in [-0.3, -0.25) is 24.0 Å². The van der Waals surface area contributed by atoms with E-state index in [9.17, 15) is 22.8 Å². The van der Waals surface area contributed by atoms with Gasteiger partial charge in [-0.05, 0) is 54.6 Å². The summed E-state index contributed by atoms with van der Waals surface area (Å²) in [6, 6.07) is 16.7. The number of sulfonamides is 1. The molecule has 3 aromatic rings. The molecule has 3 amide bonds. The molecule has 4 rings (SSSR count). The first-order valence-corrected chi connectivity index (χ1v) is 14.0. The largest absolute Gasteiger partial charge is 0.456 e. The van der Waals surface area contributed by atoms with Crippen LogP contribution in [-0.4, -0.2) is 49.2 Å². The fourth-order valence-electron chi connectivity index (χ4n) is 3.31. The maximum atomic E-state index is 13.0. The van der Waals surface area contributed by atoms with E-state index in [2.05, 4.69) is 10.0 Å². The number of anilines is 1. The fraction of sp³-hybridized carbons (Fsp3) is 0.125. The number of carbonyl (C=O) groups is 3. The van der Waals surface area contributed by atoms with Gasteiger partial charge in [-0.2, -0.15) is 0 Å². The molecule has 1 saturated heterocycles. The highest BCUT2D eigenvalue weighted by molar-refractivity contribution is 8.14. The fourth-order valence-corrected chi connectivity index (χ4v) is 5.49. The van der Waals surface area contributed by atoms with Gasteiger partial charge in [0.15, 0.2) is 0 Å². The number of benzene rings is 3. The second-order valence-electron chi connectivity index (χ2n) is 7.66. The number of rotatable bonds is 9.